The summed E-state index contributed by atoms with van der Waals surface area (Å²) in [5.74, 6) is 0. The highest BCUT2D eigenvalue weighted by molar-refractivity contribution is 8.42. The molecule has 54 valence electrons. The van der Waals surface area contributed by atoms with Gasteiger partial charge in [0.05, 0.1) is 0 Å². The first-order chi connectivity index (χ1) is 4.61. The van der Waals surface area contributed by atoms with E-state index >= 15 is 0 Å². The van der Waals surface area contributed by atoms with E-state index in [4.69, 9.17) is 34.3 Å². The Morgan fingerprint density at radius 1 is 1.40 bits per heavy atom. The molecule has 0 radical (unpaired) electrons. The average Bonchev–Trinajstić information content (AvgIpc) is 1.88. The third kappa shape index (κ3) is 2.21. The molecular formula is C5H4Cl2NPS. The van der Waals surface area contributed by atoms with Crippen LogP contribution in [0.1, 0.15) is 0 Å². The number of hydrogen-bond acceptors (Lipinski definition) is 2. The Labute approximate surface area is 74.0 Å². The third-order valence-electron chi connectivity index (χ3n) is 0.916. The smallest absolute Gasteiger partial charge is 0.164 e. The highest BCUT2D eigenvalue weighted by atomic mass is 35.9. The molecule has 0 atom stereocenters. The van der Waals surface area contributed by atoms with Gasteiger partial charge >= 0.3 is 0 Å². The molecule has 0 aliphatic rings. The Morgan fingerprint density at radius 2 is 2.10 bits per heavy atom. The average molecular weight is 212 g/mol. The van der Waals surface area contributed by atoms with E-state index in [0.29, 0.717) is 5.44 Å². The summed E-state index contributed by atoms with van der Waals surface area (Å²) in [6.45, 7) is 0. The molecule has 0 saturated carbocycles. The van der Waals surface area contributed by atoms with Crippen molar-refractivity contribution in [3.8, 4) is 0 Å². The zero-order valence-electron chi connectivity index (χ0n) is 4.87. The predicted molar refractivity (Wildman–Crippen MR) is 49.9 cm³/mol. The van der Waals surface area contributed by atoms with Crippen LogP contribution in [0.2, 0.25) is 0 Å². The summed E-state index contributed by atoms with van der Waals surface area (Å²) in [5.41, 5.74) is 0.605. The van der Waals surface area contributed by atoms with E-state index in [-0.39, 0.29) is 0 Å². The van der Waals surface area contributed by atoms with Gasteiger partial charge in [0.25, 0.3) is 0 Å². The standard InChI is InChI=1S/C5H4Cl2NPS/c6-9(7,10)5-3-1-2-4-8-5/h1-4H. The quantitative estimate of drug-likeness (QED) is 0.663. The second-order valence-electron chi connectivity index (χ2n) is 1.65. The van der Waals surface area contributed by atoms with Gasteiger partial charge in [0, 0.05) is 6.20 Å². The molecule has 0 unspecified atom stereocenters. The molecule has 1 aromatic heterocycles. The van der Waals surface area contributed by atoms with Gasteiger partial charge in [0.1, 0.15) is 5.44 Å². The molecule has 0 amide bonds. The number of hydrogen-bond donors (Lipinski definition) is 0. The minimum absolute atomic E-state index is 0.605. The lowest BCUT2D eigenvalue weighted by Gasteiger charge is -2.01. The van der Waals surface area contributed by atoms with E-state index < -0.39 is 4.74 Å². The van der Waals surface area contributed by atoms with E-state index in [1.807, 2.05) is 6.07 Å². The van der Waals surface area contributed by atoms with Gasteiger partial charge in [0.15, 0.2) is 4.74 Å². The summed E-state index contributed by atoms with van der Waals surface area (Å²) in [4.78, 5) is 3.93. The van der Waals surface area contributed by atoms with Crippen molar-refractivity contribution in [3.05, 3.63) is 24.4 Å². The van der Waals surface area contributed by atoms with E-state index in [1.165, 1.54) is 0 Å². The van der Waals surface area contributed by atoms with Gasteiger partial charge in [-0.3, -0.25) is 4.98 Å². The molecule has 1 rings (SSSR count). The van der Waals surface area contributed by atoms with Crippen molar-refractivity contribution < 1.29 is 0 Å². The van der Waals surface area contributed by atoms with Crippen LogP contribution in [0.25, 0.3) is 0 Å². The summed E-state index contributed by atoms with van der Waals surface area (Å²) in [7, 11) is 0. The van der Waals surface area contributed by atoms with Crippen molar-refractivity contribution in [3.63, 3.8) is 0 Å². The van der Waals surface area contributed by atoms with Crippen LogP contribution in [-0.2, 0) is 11.8 Å². The molecular weight excluding hydrogens is 208 g/mol. The second kappa shape index (κ2) is 3.19. The molecule has 1 aromatic rings. The number of rotatable bonds is 1. The minimum atomic E-state index is -2.35. The molecule has 0 aliphatic carbocycles. The van der Waals surface area contributed by atoms with Gasteiger partial charge in [0.2, 0.25) is 0 Å². The van der Waals surface area contributed by atoms with Crippen molar-refractivity contribution >= 4 is 44.5 Å². The molecule has 0 N–H and O–H groups in total. The Hall–Kier alpha value is 0.380. The SMILES string of the molecule is S=P(Cl)(Cl)c1ccccn1. The minimum Gasteiger partial charge on any atom is -0.253 e. The highest BCUT2D eigenvalue weighted by Crippen LogP contribution is 2.54. The van der Waals surface area contributed by atoms with Gasteiger partial charge < -0.3 is 0 Å². The van der Waals surface area contributed by atoms with Crippen LogP contribution in [0, 0.1) is 0 Å². The molecule has 0 aromatic carbocycles. The van der Waals surface area contributed by atoms with Crippen molar-refractivity contribution in [2.75, 3.05) is 0 Å². The van der Waals surface area contributed by atoms with Gasteiger partial charge in [-0.25, -0.2) is 0 Å². The molecule has 1 nitrogen and oxygen atoms in total. The van der Waals surface area contributed by atoms with Crippen LogP contribution in [0.5, 0.6) is 0 Å². The molecule has 10 heavy (non-hydrogen) atoms. The summed E-state index contributed by atoms with van der Waals surface area (Å²) >= 11 is 16.2. The van der Waals surface area contributed by atoms with E-state index in [1.54, 1.807) is 18.3 Å². The van der Waals surface area contributed by atoms with Crippen LogP contribution in [-0.4, -0.2) is 4.98 Å². The van der Waals surface area contributed by atoms with Crippen LogP contribution < -0.4 is 5.44 Å². The summed E-state index contributed by atoms with van der Waals surface area (Å²) in [6, 6.07) is 5.34. The maximum absolute atomic E-state index is 5.69. The normalized spacial score (nSPS) is 11.4. The van der Waals surface area contributed by atoms with Crippen molar-refractivity contribution in [1.82, 2.24) is 4.98 Å². The van der Waals surface area contributed by atoms with Crippen molar-refractivity contribution in [2.24, 2.45) is 0 Å². The monoisotopic (exact) mass is 211 g/mol. The molecule has 0 fully saturated rings. The van der Waals surface area contributed by atoms with E-state index in [0.717, 1.165) is 0 Å². The number of aromatic nitrogens is 1. The summed E-state index contributed by atoms with van der Waals surface area (Å²) < 4.78 is -2.35. The van der Waals surface area contributed by atoms with Crippen LogP contribution in [0.15, 0.2) is 24.4 Å². The van der Waals surface area contributed by atoms with Gasteiger partial charge in [-0.1, -0.05) is 40.4 Å². The zero-order valence-corrected chi connectivity index (χ0v) is 8.09. The fourth-order valence-electron chi connectivity index (χ4n) is 0.508. The zero-order chi connectivity index (χ0) is 7.61. The molecule has 0 bridgehead atoms. The first kappa shape index (κ1) is 8.48. The van der Waals surface area contributed by atoms with Crippen LogP contribution in [0.4, 0.5) is 0 Å². The lowest BCUT2D eigenvalue weighted by atomic mass is 10.5. The molecule has 0 saturated heterocycles. The molecule has 0 aliphatic heterocycles. The van der Waals surface area contributed by atoms with Gasteiger partial charge in [-0.15, -0.1) is 0 Å². The Bertz CT molecular complexity index is 258. The molecule has 1 heterocycles. The first-order valence-corrected chi connectivity index (χ1v) is 7.13. The molecule has 0 spiro atoms. The Morgan fingerprint density at radius 3 is 2.40 bits per heavy atom. The summed E-state index contributed by atoms with van der Waals surface area (Å²) in [6.07, 6.45) is 1.63. The van der Waals surface area contributed by atoms with Crippen molar-refractivity contribution in [2.45, 2.75) is 0 Å². The van der Waals surface area contributed by atoms with Gasteiger partial charge in [-0.05, 0) is 12.1 Å². The van der Waals surface area contributed by atoms with E-state index in [9.17, 15) is 0 Å². The Kier molecular flexibility index (Phi) is 2.70. The molecule has 5 heteroatoms. The lowest BCUT2D eigenvalue weighted by Crippen LogP contribution is -2.00. The number of pyridine rings is 1. The van der Waals surface area contributed by atoms with Crippen LogP contribution in [0.3, 0.4) is 0 Å². The fourth-order valence-corrected chi connectivity index (χ4v) is 1.89. The first-order valence-electron chi connectivity index (χ1n) is 2.51. The summed E-state index contributed by atoms with van der Waals surface area (Å²) in [5, 5.41) is 0. The Balaban J connectivity index is 3.09. The maximum Gasteiger partial charge on any atom is 0.164 e. The fraction of sp³-hybridized carbons (Fsp3) is 0. The number of halogens is 2. The third-order valence-corrected chi connectivity index (χ3v) is 3.31. The second-order valence-corrected chi connectivity index (χ2v) is 9.44. The number of nitrogens with zero attached hydrogens (tertiary/aromatic N) is 1. The van der Waals surface area contributed by atoms with Crippen molar-refractivity contribution in [1.29, 1.82) is 0 Å². The van der Waals surface area contributed by atoms with Crippen LogP contribution >= 0.6 is 27.2 Å². The maximum atomic E-state index is 5.69. The van der Waals surface area contributed by atoms with Gasteiger partial charge in [-0.2, -0.15) is 0 Å². The topological polar surface area (TPSA) is 12.9 Å². The lowest BCUT2D eigenvalue weighted by molar-refractivity contribution is 1.39. The largest absolute Gasteiger partial charge is 0.253 e. The predicted octanol–water partition coefficient (Wildman–Crippen LogP) is 2.49. The highest BCUT2D eigenvalue weighted by Gasteiger charge is 2.11. The van der Waals surface area contributed by atoms with E-state index in [2.05, 4.69) is 4.98 Å².